The van der Waals surface area contributed by atoms with Crippen molar-refractivity contribution in [2.75, 3.05) is 0 Å². The van der Waals surface area contributed by atoms with Crippen LogP contribution < -0.4 is 0 Å². The van der Waals surface area contributed by atoms with Crippen molar-refractivity contribution in [3.8, 4) is 0 Å². The fourth-order valence-electron chi connectivity index (χ4n) is 0.583. The lowest BCUT2D eigenvalue weighted by Gasteiger charge is -1.93. The third-order valence-electron chi connectivity index (χ3n) is 1.13. The van der Waals surface area contributed by atoms with E-state index < -0.39 is 0 Å². The van der Waals surface area contributed by atoms with Crippen molar-refractivity contribution >= 4 is 6.08 Å². The van der Waals surface area contributed by atoms with Gasteiger partial charge in [0.1, 0.15) is 18.0 Å². The average molecular weight is 138 g/mol. The second-order valence-electron chi connectivity index (χ2n) is 1.82. The van der Waals surface area contributed by atoms with E-state index in [0.29, 0.717) is 5.69 Å². The van der Waals surface area contributed by atoms with Crippen LogP contribution in [-0.2, 0) is 4.79 Å². The maximum atomic E-state index is 9.76. The third kappa shape index (κ3) is 1.30. The highest BCUT2D eigenvalue weighted by atomic mass is 16.5. The minimum absolute atomic E-state index is 0.253. The largest absolute Gasteiger partial charge is 0.364 e. The molecule has 1 atom stereocenters. The topological polar surface area (TPSA) is 55.5 Å². The molecule has 0 bridgehead atoms. The van der Waals surface area contributed by atoms with Gasteiger partial charge in [-0.1, -0.05) is 5.16 Å². The zero-order chi connectivity index (χ0) is 7.40. The van der Waals surface area contributed by atoms with E-state index in [4.69, 9.17) is 0 Å². The highest BCUT2D eigenvalue weighted by molar-refractivity contribution is 5.34. The van der Waals surface area contributed by atoms with Crippen LogP contribution in [0.2, 0.25) is 0 Å². The van der Waals surface area contributed by atoms with Crippen molar-refractivity contribution in [3.05, 3.63) is 18.0 Å². The molecule has 0 amide bonds. The summed E-state index contributed by atoms with van der Waals surface area (Å²) in [7, 11) is 0. The van der Waals surface area contributed by atoms with Crippen LogP contribution in [0.5, 0.6) is 0 Å². The summed E-state index contributed by atoms with van der Waals surface area (Å²) in [5, 5.41) is 3.59. The first-order chi connectivity index (χ1) is 4.84. The maximum absolute atomic E-state index is 9.76. The Kier molecular flexibility index (Phi) is 1.97. The number of aromatic nitrogens is 1. The van der Waals surface area contributed by atoms with Crippen molar-refractivity contribution in [1.29, 1.82) is 0 Å². The quantitative estimate of drug-likeness (QED) is 0.453. The van der Waals surface area contributed by atoms with Gasteiger partial charge in [0, 0.05) is 6.07 Å². The predicted molar refractivity (Wildman–Crippen MR) is 33.0 cm³/mol. The Morgan fingerprint density at radius 1 is 1.90 bits per heavy atom. The lowest BCUT2D eigenvalue weighted by molar-refractivity contribution is 0.407. The molecule has 10 heavy (non-hydrogen) atoms. The second kappa shape index (κ2) is 2.94. The maximum Gasteiger partial charge on any atom is 0.235 e. The minimum atomic E-state index is -0.253. The van der Waals surface area contributed by atoms with Gasteiger partial charge in [0.15, 0.2) is 0 Å². The van der Waals surface area contributed by atoms with E-state index in [1.54, 1.807) is 13.0 Å². The van der Waals surface area contributed by atoms with Crippen molar-refractivity contribution < 1.29 is 9.32 Å². The van der Waals surface area contributed by atoms with E-state index in [9.17, 15) is 4.79 Å². The first kappa shape index (κ1) is 6.71. The van der Waals surface area contributed by atoms with Crippen LogP contribution in [0.1, 0.15) is 18.7 Å². The molecule has 0 aliphatic heterocycles. The summed E-state index contributed by atoms with van der Waals surface area (Å²) in [6.45, 7) is 1.74. The van der Waals surface area contributed by atoms with E-state index in [2.05, 4.69) is 14.7 Å². The third-order valence-corrected chi connectivity index (χ3v) is 1.13. The van der Waals surface area contributed by atoms with Gasteiger partial charge in [-0.2, -0.15) is 4.99 Å². The lowest BCUT2D eigenvalue weighted by Crippen LogP contribution is -1.87. The standard InChI is InChI=1S/C6H6N2O2/c1-5(7-4-9)6-2-3-10-8-6/h2-3,5H,1H3. The minimum Gasteiger partial charge on any atom is -0.364 e. The Hall–Kier alpha value is -1.41. The van der Waals surface area contributed by atoms with Gasteiger partial charge in [0.2, 0.25) is 6.08 Å². The van der Waals surface area contributed by atoms with Crippen LogP contribution in [0.15, 0.2) is 21.8 Å². The molecule has 1 aromatic rings. The Morgan fingerprint density at radius 2 is 2.70 bits per heavy atom. The van der Waals surface area contributed by atoms with Crippen molar-refractivity contribution in [2.45, 2.75) is 13.0 Å². The molecule has 0 saturated carbocycles. The molecule has 1 unspecified atom stereocenters. The van der Waals surface area contributed by atoms with Crippen molar-refractivity contribution in [2.24, 2.45) is 4.99 Å². The van der Waals surface area contributed by atoms with Crippen LogP contribution >= 0.6 is 0 Å². The van der Waals surface area contributed by atoms with Crippen LogP contribution in [0.4, 0.5) is 0 Å². The Labute approximate surface area is 57.5 Å². The second-order valence-corrected chi connectivity index (χ2v) is 1.82. The van der Waals surface area contributed by atoms with Crippen LogP contribution in [-0.4, -0.2) is 11.2 Å². The monoisotopic (exact) mass is 138 g/mol. The zero-order valence-corrected chi connectivity index (χ0v) is 5.44. The molecule has 52 valence electrons. The summed E-state index contributed by atoms with van der Waals surface area (Å²) in [6, 6.07) is 1.40. The van der Waals surface area contributed by atoms with Gasteiger partial charge in [-0.3, -0.25) is 0 Å². The van der Waals surface area contributed by atoms with Gasteiger partial charge in [0.25, 0.3) is 0 Å². The lowest BCUT2D eigenvalue weighted by atomic mass is 10.2. The molecular weight excluding hydrogens is 132 g/mol. The van der Waals surface area contributed by atoms with Crippen LogP contribution in [0, 0.1) is 0 Å². The Balaban J connectivity index is 2.76. The predicted octanol–water partition coefficient (Wildman–Crippen LogP) is 1.07. The summed E-state index contributed by atoms with van der Waals surface area (Å²) in [4.78, 5) is 13.2. The normalized spacial score (nSPS) is 12.1. The molecule has 1 aromatic heterocycles. The molecule has 0 aliphatic rings. The van der Waals surface area contributed by atoms with Gasteiger partial charge in [-0.25, -0.2) is 4.79 Å². The molecule has 4 heteroatoms. The summed E-state index contributed by atoms with van der Waals surface area (Å²) in [6.07, 6.45) is 2.89. The molecule has 4 nitrogen and oxygen atoms in total. The van der Waals surface area contributed by atoms with Crippen molar-refractivity contribution in [3.63, 3.8) is 0 Å². The highest BCUT2D eigenvalue weighted by Crippen LogP contribution is 2.11. The van der Waals surface area contributed by atoms with E-state index in [0.717, 1.165) is 0 Å². The number of hydrogen-bond acceptors (Lipinski definition) is 4. The molecule has 0 N–H and O–H groups in total. The van der Waals surface area contributed by atoms with Gasteiger partial charge in [-0.05, 0) is 6.92 Å². The molecule has 0 aliphatic carbocycles. The van der Waals surface area contributed by atoms with Crippen LogP contribution in [0.25, 0.3) is 0 Å². The van der Waals surface area contributed by atoms with Gasteiger partial charge >= 0.3 is 0 Å². The first-order valence-electron chi connectivity index (χ1n) is 2.82. The number of nitrogens with zero attached hydrogens (tertiary/aromatic N) is 2. The average Bonchev–Trinajstić information content (AvgIpc) is 2.38. The smallest absolute Gasteiger partial charge is 0.235 e. The van der Waals surface area contributed by atoms with E-state index in [-0.39, 0.29) is 6.04 Å². The Morgan fingerprint density at radius 3 is 3.20 bits per heavy atom. The summed E-state index contributed by atoms with van der Waals surface area (Å²) >= 11 is 0. The fourth-order valence-corrected chi connectivity index (χ4v) is 0.583. The van der Waals surface area contributed by atoms with Crippen LogP contribution in [0.3, 0.4) is 0 Å². The number of isocyanates is 1. The van der Waals surface area contributed by atoms with E-state index in [1.165, 1.54) is 12.3 Å². The van der Waals surface area contributed by atoms with E-state index >= 15 is 0 Å². The molecule has 1 heterocycles. The van der Waals surface area contributed by atoms with Gasteiger partial charge in [0.05, 0.1) is 0 Å². The van der Waals surface area contributed by atoms with Gasteiger partial charge in [-0.15, -0.1) is 0 Å². The van der Waals surface area contributed by atoms with E-state index in [1.807, 2.05) is 0 Å². The Bertz CT molecular complexity index is 236. The van der Waals surface area contributed by atoms with Gasteiger partial charge < -0.3 is 4.52 Å². The SMILES string of the molecule is CC(N=C=O)c1ccon1. The van der Waals surface area contributed by atoms with Crippen molar-refractivity contribution in [1.82, 2.24) is 5.16 Å². The number of rotatable bonds is 2. The number of carbonyl (C=O) groups excluding carboxylic acids is 1. The summed E-state index contributed by atoms with van der Waals surface area (Å²) in [5.74, 6) is 0. The number of aliphatic imine (C=N–C) groups is 1. The molecule has 0 radical (unpaired) electrons. The molecule has 0 spiro atoms. The molecule has 1 rings (SSSR count). The molecule has 0 saturated heterocycles. The zero-order valence-electron chi connectivity index (χ0n) is 5.44. The molecular formula is C6H6N2O2. The number of hydrogen-bond donors (Lipinski definition) is 0. The highest BCUT2D eigenvalue weighted by Gasteiger charge is 2.04. The molecule has 0 aromatic carbocycles. The summed E-state index contributed by atoms with van der Waals surface area (Å²) in [5.41, 5.74) is 0.642. The molecule has 0 fully saturated rings. The fraction of sp³-hybridized carbons (Fsp3) is 0.333. The first-order valence-corrected chi connectivity index (χ1v) is 2.82. The summed E-state index contributed by atoms with van der Waals surface area (Å²) < 4.78 is 4.54.